The number of benzene rings is 2. The standard InChI is InChI=1S/C29H31ClN2O2/c1-28(2)20-32(18-15-29(28,33)21-11-13-22(30)14-12-21)17-6-9-23-24-8-5-16-31-26(24)19-34-27-10-4-3-7-25(23)27/h3-5,7-14,16,33H,6,15,17-20H2,1-2H3/b23-9+. The number of para-hydroxylation sites is 1. The zero-order chi connectivity index (χ0) is 23.8. The third-order valence-electron chi connectivity index (χ3n) is 7.37. The van der Waals surface area contributed by atoms with Crippen molar-refractivity contribution in [1.82, 2.24) is 9.88 Å². The summed E-state index contributed by atoms with van der Waals surface area (Å²) in [6, 6.07) is 20.0. The maximum atomic E-state index is 11.7. The highest BCUT2D eigenvalue weighted by atomic mass is 35.5. The summed E-state index contributed by atoms with van der Waals surface area (Å²) in [5.74, 6) is 0.902. The van der Waals surface area contributed by atoms with E-state index in [0.29, 0.717) is 18.1 Å². The Balaban J connectivity index is 1.34. The number of aliphatic hydroxyl groups is 1. The number of rotatable bonds is 4. The van der Waals surface area contributed by atoms with Gasteiger partial charge in [-0.05, 0) is 48.2 Å². The van der Waals surface area contributed by atoms with Crippen molar-refractivity contribution in [2.75, 3.05) is 19.6 Å². The van der Waals surface area contributed by atoms with E-state index in [4.69, 9.17) is 16.3 Å². The van der Waals surface area contributed by atoms with Gasteiger partial charge in [0.05, 0.1) is 11.3 Å². The third kappa shape index (κ3) is 4.26. The minimum Gasteiger partial charge on any atom is -0.487 e. The van der Waals surface area contributed by atoms with E-state index in [9.17, 15) is 5.11 Å². The minimum absolute atomic E-state index is 0.286. The van der Waals surface area contributed by atoms with E-state index in [-0.39, 0.29) is 5.41 Å². The molecule has 2 aromatic carbocycles. The number of aromatic nitrogens is 1. The summed E-state index contributed by atoms with van der Waals surface area (Å²) >= 11 is 6.08. The second-order valence-electron chi connectivity index (χ2n) is 9.97. The fraction of sp³-hybridized carbons (Fsp3) is 0.345. The molecule has 3 heterocycles. The molecule has 1 saturated heterocycles. The van der Waals surface area contributed by atoms with Crippen LogP contribution >= 0.6 is 11.6 Å². The van der Waals surface area contributed by atoms with Gasteiger partial charge in [-0.3, -0.25) is 4.98 Å². The van der Waals surface area contributed by atoms with Gasteiger partial charge in [0.15, 0.2) is 0 Å². The van der Waals surface area contributed by atoms with Crippen LogP contribution in [0.25, 0.3) is 5.57 Å². The van der Waals surface area contributed by atoms with Crippen LogP contribution in [-0.4, -0.2) is 34.6 Å². The Bertz CT molecular complexity index is 1160. The molecule has 1 unspecified atom stereocenters. The van der Waals surface area contributed by atoms with Gasteiger partial charge >= 0.3 is 0 Å². The highest BCUT2D eigenvalue weighted by molar-refractivity contribution is 6.30. The largest absolute Gasteiger partial charge is 0.487 e. The third-order valence-corrected chi connectivity index (χ3v) is 7.62. The molecule has 4 nitrogen and oxygen atoms in total. The van der Waals surface area contributed by atoms with E-state index < -0.39 is 5.60 Å². The molecule has 176 valence electrons. The highest BCUT2D eigenvalue weighted by Gasteiger charge is 2.48. The lowest BCUT2D eigenvalue weighted by atomic mass is 9.66. The number of pyridine rings is 1. The normalized spacial score (nSPS) is 23.0. The predicted molar refractivity (Wildman–Crippen MR) is 137 cm³/mol. The SMILES string of the molecule is CC1(C)CN(CC/C=C2/c3ccccc3OCc3ncccc32)CCC1(O)c1ccc(Cl)cc1. The lowest BCUT2D eigenvalue weighted by molar-refractivity contribution is -0.125. The first-order valence-electron chi connectivity index (χ1n) is 11.9. The van der Waals surface area contributed by atoms with Crippen LogP contribution in [0.5, 0.6) is 5.75 Å². The number of hydrogen-bond acceptors (Lipinski definition) is 4. The van der Waals surface area contributed by atoms with Gasteiger partial charge in [0.1, 0.15) is 12.4 Å². The topological polar surface area (TPSA) is 45.6 Å². The zero-order valence-corrected chi connectivity index (χ0v) is 20.6. The summed E-state index contributed by atoms with van der Waals surface area (Å²) in [6.07, 6.45) is 5.75. The summed E-state index contributed by atoms with van der Waals surface area (Å²) < 4.78 is 6.05. The molecule has 1 fully saturated rings. The average Bonchev–Trinajstić information content (AvgIpc) is 2.99. The first kappa shape index (κ1) is 23.1. The molecule has 3 aromatic rings. The first-order chi connectivity index (χ1) is 16.4. The van der Waals surface area contributed by atoms with Crippen molar-refractivity contribution < 1.29 is 9.84 Å². The summed E-state index contributed by atoms with van der Waals surface area (Å²) in [4.78, 5) is 7.03. The molecule has 34 heavy (non-hydrogen) atoms. The van der Waals surface area contributed by atoms with Crippen LogP contribution in [0.15, 0.2) is 72.9 Å². The minimum atomic E-state index is -0.866. The fourth-order valence-corrected chi connectivity index (χ4v) is 5.52. The highest BCUT2D eigenvalue weighted by Crippen LogP contribution is 2.46. The lowest BCUT2D eigenvalue weighted by Crippen LogP contribution is -2.55. The molecular weight excluding hydrogens is 444 g/mol. The molecule has 1 atom stereocenters. The number of likely N-dealkylation sites (tertiary alicyclic amines) is 1. The van der Waals surface area contributed by atoms with E-state index in [1.165, 1.54) is 5.57 Å². The van der Waals surface area contributed by atoms with Crippen molar-refractivity contribution in [2.45, 2.75) is 38.9 Å². The van der Waals surface area contributed by atoms with Crippen LogP contribution in [0.1, 0.15) is 49.1 Å². The summed E-state index contributed by atoms with van der Waals surface area (Å²) in [7, 11) is 0. The van der Waals surface area contributed by atoms with Gasteiger partial charge < -0.3 is 14.7 Å². The molecule has 0 radical (unpaired) electrons. The van der Waals surface area contributed by atoms with E-state index in [0.717, 1.165) is 54.2 Å². The van der Waals surface area contributed by atoms with Gasteiger partial charge in [-0.1, -0.05) is 67.9 Å². The Labute approximate surface area is 206 Å². The smallest absolute Gasteiger partial charge is 0.131 e. The van der Waals surface area contributed by atoms with Crippen molar-refractivity contribution in [1.29, 1.82) is 0 Å². The van der Waals surface area contributed by atoms with E-state index in [2.05, 4.69) is 48.0 Å². The van der Waals surface area contributed by atoms with Crippen LogP contribution in [0.4, 0.5) is 0 Å². The zero-order valence-electron chi connectivity index (χ0n) is 19.8. The maximum absolute atomic E-state index is 11.7. The predicted octanol–water partition coefficient (Wildman–Crippen LogP) is 6.07. The van der Waals surface area contributed by atoms with Crippen molar-refractivity contribution in [3.05, 3.63) is 100 Å². The van der Waals surface area contributed by atoms with Gasteiger partial charge in [-0.25, -0.2) is 0 Å². The lowest BCUT2D eigenvalue weighted by Gasteiger charge is -2.50. The number of piperidine rings is 1. The molecule has 5 rings (SSSR count). The Morgan fingerprint density at radius 1 is 1.06 bits per heavy atom. The molecule has 0 bridgehead atoms. The number of hydrogen-bond donors (Lipinski definition) is 1. The maximum Gasteiger partial charge on any atom is 0.131 e. The Morgan fingerprint density at radius 2 is 1.82 bits per heavy atom. The van der Waals surface area contributed by atoms with Crippen molar-refractivity contribution in [3.63, 3.8) is 0 Å². The van der Waals surface area contributed by atoms with Crippen LogP contribution in [0.3, 0.4) is 0 Å². The van der Waals surface area contributed by atoms with Gasteiger partial charge in [-0.2, -0.15) is 0 Å². The van der Waals surface area contributed by atoms with Crippen molar-refractivity contribution >= 4 is 17.2 Å². The Kier molecular flexibility index (Phi) is 6.24. The fourth-order valence-electron chi connectivity index (χ4n) is 5.39. The van der Waals surface area contributed by atoms with E-state index >= 15 is 0 Å². The van der Waals surface area contributed by atoms with Crippen LogP contribution in [-0.2, 0) is 12.2 Å². The van der Waals surface area contributed by atoms with Gasteiger partial charge in [0.25, 0.3) is 0 Å². The second-order valence-corrected chi connectivity index (χ2v) is 10.4. The molecule has 0 saturated carbocycles. The van der Waals surface area contributed by atoms with Gasteiger partial charge in [0, 0.05) is 47.4 Å². The monoisotopic (exact) mass is 474 g/mol. The van der Waals surface area contributed by atoms with E-state index in [1.807, 2.05) is 48.7 Å². The Hall–Kier alpha value is -2.66. The molecule has 1 N–H and O–H groups in total. The average molecular weight is 475 g/mol. The van der Waals surface area contributed by atoms with Crippen molar-refractivity contribution in [2.24, 2.45) is 5.41 Å². The van der Waals surface area contributed by atoms with Crippen molar-refractivity contribution in [3.8, 4) is 5.75 Å². The molecule has 0 aliphatic carbocycles. The molecule has 2 aliphatic heterocycles. The summed E-state index contributed by atoms with van der Waals surface area (Å²) in [5, 5.41) is 12.3. The molecular formula is C29H31ClN2O2. The summed E-state index contributed by atoms with van der Waals surface area (Å²) in [5.41, 5.74) is 4.21. The molecule has 1 aromatic heterocycles. The summed E-state index contributed by atoms with van der Waals surface area (Å²) in [6.45, 7) is 7.41. The number of halogens is 1. The molecule has 0 amide bonds. The quantitative estimate of drug-likeness (QED) is 0.498. The molecule has 2 aliphatic rings. The van der Waals surface area contributed by atoms with Gasteiger partial charge in [-0.15, -0.1) is 0 Å². The van der Waals surface area contributed by atoms with Gasteiger partial charge in [0.2, 0.25) is 0 Å². The van der Waals surface area contributed by atoms with Crippen LogP contribution in [0.2, 0.25) is 5.02 Å². The molecule has 5 heteroatoms. The molecule has 0 spiro atoms. The van der Waals surface area contributed by atoms with E-state index in [1.54, 1.807) is 0 Å². The number of nitrogens with zero attached hydrogens (tertiary/aromatic N) is 2. The number of fused-ring (bicyclic) bond motifs is 2. The van der Waals surface area contributed by atoms with Crippen LogP contribution < -0.4 is 4.74 Å². The van der Waals surface area contributed by atoms with Crippen LogP contribution in [0, 0.1) is 5.41 Å². The Morgan fingerprint density at radius 3 is 2.62 bits per heavy atom. The number of ether oxygens (including phenoxy) is 1. The first-order valence-corrected chi connectivity index (χ1v) is 12.3. The second kappa shape index (κ2) is 9.18.